The third-order valence-corrected chi connectivity index (χ3v) is 4.19. The molecule has 1 heterocycles. The highest BCUT2D eigenvalue weighted by Gasteiger charge is 2.31. The Morgan fingerprint density at radius 2 is 2.05 bits per heavy atom. The molecule has 6 heteroatoms. The first-order chi connectivity index (χ1) is 9.77. The summed E-state index contributed by atoms with van der Waals surface area (Å²) in [7, 11) is 0. The van der Waals surface area contributed by atoms with E-state index >= 15 is 0 Å². The van der Waals surface area contributed by atoms with Gasteiger partial charge < -0.3 is 10.3 Å². The average molecular weight is 293 g/mol. The SMILES string of the molecule is Cc1[nH]c(=O)[nH]c(=O)c1CCC(=O)NC1CCC(C)(C)C1. The molecule has 1 amide bonds. The number of H-pyrrole nitrogens is 2. The molecule has 1 aliphatic rings. The van der Waals surface area contributed by atoms with Crippen molar-refractivity contribution >= 4 is 5.91 Å². The van der Waals surface area contributed by atoms with Crippen molar-refractivity contribution in [2.24, 2.45) is 5.41 Å². The lowest BCUT2D eigenvalue weighted by molar-refractivity contribution is -0.121. The van der Waals surface area contributed by atoms with Crippen molar-refractivity contribution in [3.8, 4) is 0 Å². The smallest absolute Gasteiger partial charge is 0.325 e. The fourth-order valence-corrected chi connectivity index (χ4v) is 3.02. The van der Waals surface area contributed by atoms with Gasteiger partial charge in [-0.2, -0.15) is 0 Å². The second kappa shape index (κ2) is 5.87. The molecule has 0 aliphatic heterocycles. The number of aromatic amines is 2. The van der Waals surface area contributed by atoms with Crippen molar-refractivity contribution in [3.05, 3.63) is 32.1 Å². The molecule has 3 N–H and O–H groups in total. The first kappa shape index (κ1) is 15.5. The van der Waals surface area contributed by atoms with Crippen LogP contribution >= 0.6 is 0 Å². The van der Waals surface area contributed by atoms with Gasteiger partial charge in [0.15, 0.2) is 0 Å². The normalized spacial score (nSPS) is 20.4. The maximum Gasteiger partial charge on any atom is 0.325 e. The number of hydrogen-bond acceptors (Lipinski definition) is 3. The first-order valence-electron chi connectivity index (χ1n) is 7.38. The van der Waals surface area contributed by atoms with Gasteiger partial charge in [0.05, 0.1) is 0 Å². The van der Waals surface area contributed by atoms with Gasteiger partial charge in [-0.3, -0.25) is 14.6 Å². The van der Waals surface area contributed by atoms with Gasteiger partial charge in [0.2, 0.25) is 5.91 Å². The van der Waals surface area contributed by atoms with Crippen LogP contribution in [-0.4, -0.2) is 21.9 Å². The Balaban J connectivity index is 1.91. The molecular weight excluding hydrogens is 270 g/mol. The van der Waals surface area contributed by atoms with Gasteiger partial charge >= 0.3 is 5.69 Å². The summed E-state index contributed by atoms with van der Waals surface area (Å²) in [6, 6.07) is 0.238. The van der Waals surface area contributed by atoms with Crippen LogP contribution in [0.4, 0.5) is 0 Å². The molecule has 2 rings (SSSR count). The molecule has 1 aromatic rings. The van der Waals surface area contributed by atoms with Crippen LogP contribution in [0.2, 0.25) is 0 Å². The number of rotatable bonds is 4. The van der Waals surface area contributed by atoms with E-state index in [2.05, 4.69) is 29.1 Å². The fourth-order valence-electron chi connectivity index (χ4n) is 3.02. The van der Waals surface area contributed by atoms with Gasteiger partial charge in [-0.25, -0.2) is 4.79 Å². The monoisotopic (exact) mass is 293 g/mol. The standard InChI is InChI=1S/C15H23N3O3/c1-9-11(13(20)18-14(21)16-9)4-5-12(19)17-10-6-7-15(2,3)8-10/h10H,4-8H2,1-3H3,(H,17,19)(H2,16,18,20,21). The van der Waals surface area contributed by atoms with E-state index in [0.29, 0.717) is 23.1 Å². The van der Waals surface area contributed by atoms with E-state index in [1.165, 1.54) is 0 Å². The first-order valence-corrected chi connectivity index (χ1v) is 7.38. The average Bonchev–Trinajstić information content (AvgIpc) is 2.67. The third kappa shape index (κ3) is 4.06. The van der Waals surface area contributed by atoms with Crippen molar-refractivity contribution in [2.75, 3.05) is 0 Å². The summed E-state index contributed by atoms with van der Waals surface area (Å²) in [5.41, 5.74) is 0.366. The number of amides is 1. The lowest BCUT2D eigenvalue weighted by Crippen LogP contribution is -2.34. The molecule has 1 unspecified atom stereocenters. The van der Waals surface area contributed by atoms with Crippen molar-refractivity contribution in [2.45, 2.75) is 58.9 Å². The number of carbonyl (C=O) groups excluding carboxylic acids is 1. The largest absolute Gasteiger partial charge is 0.353 e. The zero-order valence-corrected chi connectivity index (χ0v) is 12.8. The number of nitrogens with one attached hydrogen (secondary N) is 3. The van der Waals surface area contributed by atoms with Crippen LogP contribution in [0, 0.1) is 12.3 Å². The molecule has 1 aromatic heterocycles. The minimum absolute atomic E-state index is 0.0392. The zero-order valence-electron chi connectivity index (χ0n) is 12.8. The molecule has 0 saturated heterocycles. The van der Waals surface area contributed by atoms with E-state index < -0.39 is 11.2 Å². The second-order valence-corrected chi connectivity index (χ2v) is 6.68. The molecule has 6 nitrogen and oxygen atoms in total. The quantitative estimate of drug-likeness (QED) is 0.773. The molecule has 116 valence electrons. The van der Waals surface area contributed by atoms with Crippen LogP contribution < -0.4 is 16.6 Å². The molecule has 1 saturated carbocycles. The van der Waals surface area contributed by atoms with E-state index in [0.717, 1.165) is 19.3 Å². The van der Waals surface area contributed by atoms with Crippen LogP contribution in [0.3, 0.4) is 0 Å². The van der Waals surface area contributed by atoms with Gasteiger partial charge in [-0.05, 0) is 38.0 Å². The Labute approximate surface area is 123 Å². The Morgan fingerprint density at radius 3 is 2.62 bits per heavy atom. The summed E-state index contributed by atoms with van der Waals surface area (Å²) in [5.74, 6) is -0.0392. The highest BCUT2D eigenvalue weighted by atomic mass is 16.2. The summed E-state index contributed by atoms with van der Waals surface area (Å²) in [6.45, 7) is 6.09. The predicted molar refractivity (Wildman–Crippen MR) is 80.3 cm³/mol. The Morgan fingerprint density at radius 1 is 1.33 bits per heavy atom. The Bertz CT molecular complexity index is 642. The highest BCUT2D eigenvalue weighted by molar-refractivity contribution is 5.76. The van der Waals surface area contributed by atoms with E-state index in [1.54, 1.807) is 6.92 Å². The molecule has 1 atom stereocenters. The van der Waals surface area contributed by atoms with Crippen molar-refractivity contribution in [3.63, 3.8) is 0 Å². The minimum atomic E-state index is -0.515. The fraction of sp³-hybridized carbons (Fsp3) is 0.667. The minimum Gasteiger partial charge on any atom is -0.353 e. The van der Waals surface area contributed by atoms with E-state index in [4.69, 9.17) is 0 Å². The summed E-state index contributed by atoms with van der Waals surface area (Å²) in [6.07, 6.45) is 3.72. The number of aryl methyl sites for hydroxylation is 1. The van der Waals surface area contributed by atoms with Gasteiger partial charge in [-0.1, -0.05) is 13.8 Å². The highest BCUT2D eigenvalue weighted by Crippen LogP contribution is 2.36. The van der Waals surface area contributed by atoms with E-state index in [9.17, 15) is 14.4 Å². The summed E-state index contributed by atoms with van der Waals surface area (Å²) in [4.78, 5) is 39.5. The lowest BCUT2D eigenvalue weighted by Gasteiger charge is -2.17. The van der Waals surface area contributed by atoms with E-state index in [-0.39, 0.29) is 18.4 Å². The predicted octanol–water partition coefficient (Wildman–Crippen LogP) is 0.999. The van der Waals surface area contributed by atoms with Gasteiger partial charge in [-0.15, -0.1) is 0 Å². The zero-order chi connectivity index (χ0) is 15.6. The molecule has 0 spiro atoms. The molecule has 0 bridgehead atoms. The van der Waals surface area contributed by atoms with Crippen molar-refractivity contribution in [1.82, 2.24) is 15.3 Å². The maximum atomic E-state index is 12.0. The van der Waals surface area contributed by atoms with Gasteiger partial charge in [0.25, 0.3) is 5.56 Å². The van der Waals surface area contributed by atoms with Crippen molar-refractivity contribution in [1.29, 1.82) is 0 Å². The number of hydrogen-bond donors (Lipinski definition) is 3. The molecule has 21 heavy (non-hydrogen) atoms. The molecule has 1 fully saturated rings. The van der Waals surface area contributed by atoms with Gasteiger partial charge in [0.1, 0.15) is 0 Å². The summed E-state index contributed by atoms with van der Waals surface area (Å²) >= 11 is 0. The topological polar surface area (TPSA) is 94.8 Å². The van der Waals surface area contributed by atoms with Gasteiger partial charge in [0, 0.05) is 23.7 Å². The molecule has 0 radical (unpaired) electrons. The molecule has 1 aliphatic carbocycles. The van der Waals surface area contributed by atoms with Crippen LogP contribution in [0.15, 0.2) is 9.59 Å². The van der Waals surface area contributed by atoms with Crippen molar-refractivity contribution < 1.29 is 4.79 Å². The Kier molecular flexibility index (Phi) is 4.34. The van der Waals surface area contributed by atoms with E-state index in [1.807, 2.05) is 0 Å². The molecule has 0 aromatic carbocycles. The lowest BCUT2D eigenvalue weighted by atomic mass is 9.92. The van der Waals surface area contributed by atoms with Crippen LogP contribution in [0.5, 0.6) is 0 Å². The second-order valence-electron chi connectivity index (χ2n) is 6.68. The summed E-state index contributed by atoms with van der Waals surface area (Å²) in [5, 5.41) is 3.03. The Hall–Kier alpha value is -1.85. The van der Waals surface area contributed by atoms with Crippen LogP contribution in [0.1, 0.15) is 50.8 Å². The number of aromatic nitrogens is 2. The maximum absolute atomic E-state index is 12.0. The summed E-state index contributed by atoms with van der Waals surface area (Å²) < 4.78 is 0. The molecular formula is C15H23N3O3. The van der Waals surface area contributed by atoms with Crippen LogP contribution in [0.25, 0.3) is 0 Å². The van der Waals surface area contributed by atoms with Crippen LogP contribution in [-0.2, 0) is 11.2 Å². The third-order valence-electron chi connectivity index (χ3n) is 4.19. The number of carbonyl (C=O) groups is 1.